The molecule has 1 fully saturated rings. The van der Waals surface area contributed by atoms with Gasteiger partial charge in [-0.1, -0.05) is 49.1 Å². The molecule has 0 bridgehead atoms. The summed E-state index contributed by atoms with van der Waals surface area (Å²) in [5, 5.41) is 18.6. The van der Waals surface area contributed by atoms with Crippen molar-refractivity contribution in [1.82, 2.24) is 19.6 Å². The van der Waals surface area contributed by atoms with Gasteiger partial charge in [0.25, 0.3) is 0 Å². The number of carbonyl (C=O) groups is 1. The number of amides is 2. The number of nitrogens with zero attached hydrogens (tertiary/aromatic N) is 4. The summed E-state index contributed by atoms with van der Waals surface area (Å²) in [7, 11) is 0. The Hall–Kier alpha value is -3.97. The Morgan fingerprint density at radius 2 is 1.98 bits per heavy atom. The van der Waals surface area contributed by atoms with Gasteiger partial charge in [0.05, 0.1) is 35.7 Å². The first kappa shape index (κ1) is 29.5. The molecular weight excluding hydrogens is 556 g/mol. The van der Waals surface area contributed by atoms with Gasteiger partial charge in [-0.05, 0) is 37.3 Å². The van der Waals surface area contributed by atoms with Gasteiger partial charge >= 0.3 is 6.03 Å². The lowest BCUT2D eigenvalue weighted by Crippen LogP contribution is -2.38. The Morgan fingerprint density at radius 3 is 2.71 bits per heavy atom. The van der Waals surface area contributed by atoms with Crippen LogP contribution in [0.5, 0.6) is 5.75 Å². The fourth-order valence-electron chi connectivity index (χ4n) is 4.24. The molecule has 3 heterocycles. The Morgan fingerprint density at radius 1 is 1.21 bits per heavy atom. The molecule has 42 heavy (non-hydrogen) atoms. The summed E-state index contributed by atoms with van der Waals surface area (Å²) < 4.78 is 14.6. The molecule has 0 aliphatic carbocycles. The number of morpholine rings is 1. The highest BCUT2D eigenvalue weighted by atomic mass is 32.1. The maximum absolute atomic E-state index is 12.4. The van der Waals surface area contributed by atoms with Crippen molar-refractivity contribution in [1.29, 1.82) is 0 Å². The first-order valence-corrected chi connectivity index (χ1v) is 14.6. The predicted octanol–water partition coefficient (Wildman–Crippen LogP) is 4.93. The standard InChI is InChI=1S/C30H36N6O5S/c1-20(30(3,4)19-37)41-34-21(2)31-28(38)32-23-7-5-22(6-8-23)25-18-36-26-10-9-24(17-27(26)42-29(36)33-25)40-16-13-35-11-14-39-15-12-35/h5-10,17-18,37H,1,11-16,19H2,2-4H3,(H2,31,32,34,38). The number of aliphatic hydroxyl groups excluding tert-OH is 1. The molecule has 12 heteroatoms. The van der Waals surface area contributed by atoms with Crippen molar-refractivity contribution in [3.63, 3.8) is 0 Å². The Bertz CT molecular complexity index is 1590. The molecule has 222 valence electrons. The number of thiazole rings is 1. The van der Waals surface area contributed by atoms with Gasteiger partial charge in [-0.3, -0.25) is 14.6 Å². The Labute approximate surface area is 248 Å². The lowest BCUT2D eigenvalue weighted by Gasteiger charge is -2.26. The zero-order chi connectivity index (χ0) is 29.7. The van der Waals surface area contributed by atoms with Crippen LogP contribution in [0.25, 0.3) is 26.4 Å². The molecule has 11 nitrogen and oxygen atoms in total. The van der Waals surface area contributed by atoms with E-state index < -0.39 is 11.4 Å². The molecule has 4 aromatic rings. The number of carbonyl (C=O) groups excluding carboxylic acids is 1. The number of oxime groups is 1. The van der Waals surface area contributed by atoms with Gasteiger partial charge < -0.3 is 24.7 Å². The zero-order valence-corrected chi connectivity index (χ0v) is 24.9. The minimum absolute atomic E-state index is 0.134. The van der Waals surface area contributed by atoms with Crippen molar-refractivity contribution in [2.45, 2.75) is 20.8 Å². The average molecular weight is 593 g/mol. The van der Waals surface area contributed by atoms with Crippen LogP contribution in [-0.4, -0.2) is 77.3 Å². The van der Waals surface area contributed by atoms with E-state index in [2.05, 4.69) is 43.8 Å². The van der Waals surface area contributed by atoms with E-state index in [1.807, 2.05) is 36.5 Å². The minimum atomic E-state index is -0.646. The van der Waals surface area contributed by atoms with E-state index in [1.54, 1.807) is 32.1 Å². The quantitative estimate of drug-likeness (QED) is 0.103. The van der Waals surface area contributed by atoms with E-state index in [-0.39, 0.29) is 12.4 Å². The number of ether oxygens (including phenoxy) is 2. The van der Waals surface area contributed by atoms with Gasteiger partial charge in [0.1, 0.15) is 24.0 Å². The van der Waals surface area contributed by atoms with Gasteiger partial charge in [0, 0.05) is 42.5 Å². The molecule has 0 spiro atoms. The highest BCUT2D eigenvalue weighted by Gasteiger charge is 2.23. The molecule has 2 aromatic heterocycles. The van der Waals surface area contributed by atoms with E-state index >= 15 is 0 Å². The molecule has 1 aliphatic heterocycles. The molecule has 3 N–H and O–H groups in total. The number of urea groups is 1. The van der Waals surface area contributed by atoms with E-state index in [0.717, 1.165) is 65.0 Å². The summed E-state index contributed by atoms with van der Waals surface area (Å²) in [4.78, 5) is 25.7. The smallest absolute Gasteiger partial charge is 0.324 e. The van der Waals surface area contributed by atoms with Crippen LogP contribution in [0.4, 0.5) is 10.5 Å². The monoisotopic (exact) mass is 592 g/mol. The third-order valence-corrected chi connectivity index (χ3v) is 8.04. The number of hydrogen-bond acceptors (Lipinski definition) is 9. The first-order valence-electron chi connectivity index (χ1n) is 13.8. The fourth-order valence-corrected chi connectivity index (χ4v) is 5.27. The Kier molecular flexibility index (Phi) is 9.07. The van der Waals surface area contributed by atoms with Crippen LogP contribution in [0, 0.1) is 5.41 Å². The van der Waals surface area contributed by atoms with Crippen molar-refractivity contribution < 1.29 is 24.2 Å². The topological polar surface area (TPSA) is 122 Å². The van der Waals surface area contributed by atoms with Crippen molar-refractivity contribution in [3.05, 3.63) is 61.0 Å². The van der Waals surface area contributed by atoms with Gasteiger partial charge in [-0.25, -0.2) is 9.78 Å². The SMILES string of the molecule is C=C(O/N=C(\C)NC(=O)Nc1ccc(-c2cn3c(n2)sc2cc(OCCN4CCOCC4)ccc23)cc1)C(C)(C)CO. The molecule has 0 radical (unpaired) electrons. The minimum Gasteiger partial charge on any atom is -0.492 e. The van der Waals surface area contributed by atoms with Crippen molar-refractivity contribution in [2.75, 3.05) is 51.4 Å². The van der Waals surface area contributed by atoms with Crippen molar-refractivity contribution >= 4 is 44.1 Å². The average Bonchev–Trinajstić information content (AvgIpc) is 3.54. The summed E-state index contributed by atoms with van der Waals surface area (Å²) in [5.74, 6) is 1.40. The summed E-state index contributed by atoms with van der Waals surface area (Å²) in [5.41, 5.74) is 2.82. The number of benzene rings is 2. The number of hydrogen-bond donors (Lipinski definition) is 3. The third kappa shape index (κ3) is 7.08. The lowest BCUT2D eigenvalue weighted by molar-refractivity contribution is 0.0322. The normalized spacial score (nSPS) is 14.7. The number of amidine groups is 1. The number of anilines is 1. The number of aromatic nitrogens is 2. The molecular formula is C30H36N6O5S. The highest BCUT2D eigenvalue weighted by molar-refractivity contribution is 7.23. The number of fused-ring (bicyclic) bond motifs is 3. The summed E-state index contributed by atoms with van der Waals surface area (Å²) in [6, 6.07) is 13.1. The summed E-state index contributed by atoms with van der Waals surface area (Å²) >= 11 is 1.62. The van der Waals surface area contributed by atoms with Crippen LogP contribution in [0.2, 0.25) is 0 Å². The molecule has 0 saturated carbocycles. The first-order chi connectivity index (χ1) is 20.2. The van der Waals surface area contributed by atoms with Crippen molar-refractivity contribution in [3.8, 4) is 17.0 Å². The van der Waals surface area contributed by atoms with E-state index in [1.165, 1.54) is 0 Å². The molecule has 1 saturated heterocycles. The summed E-state index contributed by atoms with van der Waals surface area (Å²) in [6.07, 6.45) is 2.02. The lowest BCUT2D eigenvalue weighted by atomic mass is 9.93. The van der Waals surface area contributed by atoms with Crippen molar-refractivity contribution in [2.24, 2.45) is 10.6 Å². The largest absolute Gasteiger partial charge is 0.492 e. The molecule has 5 rings (SSSR count). The van der Waals surface area contributed by atoms with Gasteiger partial charge in [0.15, 0.2) is 4.96 Å². The van der Waals surface area contributed by atoms with E-state index in [9.17, 15) is 9.90 Å². The second kappa shape index (κ2) is 12.9. The number of aliphatic hydroxyl groups is 1. The van der Waals surface area contributed by atoms with E-state index in [4.69, 9.17) is 19.3 Å². The number of rotatable bonds is 10. The molecule has 0 unspecified atom stereocenters. The highest BCUT2D eigenvalue weighted by Crippen LogP contribution is 2.32. The van der Waals surface area contributed by atoms with Crippen LogP contribution < -0.4 is 15.4 Å². The van der Waals surface area contributed by atoms with Crippen LogP contribution in [0.15, 0.2) is 66.2 Å². The summed E-state index contributed by atoms with van der Waals surface area (Å²) in [6.45, 7) is 13.8. The Balaban J connectivity index is 1.17. The van der Waals surface area contributed by atoms with Crippen LogP contribution >= 0.6 is 11.3 Å². The predicted molar refractivity (Wildman–Crippen MR) is 165 cm³/mol. The van der Waals surface area contributed by atoms with Gasteiger partial charge in [-0.2, -0.15) is 0 Å². The van der Waals surface area contributed by atoms with E-state index in [0.29, 0.717) is 18.1 Å². The molecule has 0 atom stereocenters. The second-order valence-corrected chi connectivity index (χ2v) is 11.7. The molecule has 1 aliphatic rings. The third-order valence-electron chi connectivity index (χ3n) is 7.02. The molecule has 2 amide bonds. The van der Waals surface area contributed by atoms with Gasteiger partial charge in [-0.15, -0.1) is 0 Å². The maximum Gasteiger partial charge on any atom is 0.324 e. The fraction of sp³-hybridized carbons (Fsp3) is 0.367. The molecule has 2 aromatic carbocycles. The number of nitrogens with one attached hydrogen (secondary N) is 2. The second-order valence-electron chi connectivity index (χ2n) is 10.7. The van der Waals surface area contributed by atoms with Gasteiger partial charge in [0.2, 0.25) is 0 Å². The van der Waals surface area contributed by atoms with Crippen LogP contribution in [0.1, 0.15) is 20.8 Å². The van der Waals surface area contributed by atoms with Crippen LogP contribution in [-0.2, 0) is 9.57 Å². The maximum atomic E-state index is 12.4. The van der Waals surface area contributed by atoms with Crippen LogP contribution in [0.3, 0.4) is 0 Å². The number of imidazole rings is 1. The zero-order valence-electron chi connectivity index (χ0n) is 24.1.